The van der Waals surface area contributed by atoms with Gasteiger partial charge in [-0.1, -0.05) is 6.07 Å². The zero-order chi connectivity index (χ0) is 12.8. The number of amides is 1. The van der Waals surface area contributed by atoms with E-state index in [1.165, 1.54) is 26.3 Å². The quantitative estimate of drug-likeness (QED) is 0.819. The molecule has 0 aromatic heterocycles. The van der Waals surface area contributed by atoms with Crippen LogP contribution in [0.25, 0.3) is 0 Å². The maximum absolute atomic E-state index is 13.4. The molecule has 1 atom stereocenters. The van der Waals surface area contributed by atoms with E-state index in [1.807, 2.05) is 0 Å². The smallest absolute Gasteiger partial charge is 0.219 e. The van der Waals surface area contributed by atoms with E-state index in [9.17, 15) is 14.3 Å². The Balaban J connectivity index is 2.66. The average molecular weight is 241 g/mol. The van der Waals surface area contributed by atoms with Crippen molar-refractivity contribution in [3.8, 4) is 5.75 Å². The molecule has 1 aromatic carbocycles. The highest BCUT2D eigenvalue weighted by atomic mass is 19.1. The molecule has 1 aromatic rings. The van der Waals surface area contributed by atoms with Crippen LogP contribution in [0.5, 0.6) is 5.75 Å². The molecule has 17 heavy (non-hydrogen) atoms. The molecule has 0 spiro atoms. The second kappa shape index (κ2) is 6.20. The first kappa shape index (κ1) is 13.4. The number of halogens is 1. The van der Waals surface area contributed by atoms with Crippen LogP contribution in [0.3, 0.4) is 0 Å². The Hall–Kier alpha value is -1.62. The number of carbonyl (C=O) groups is 1. The lowest BCUT2D eigenvalue weighted by Crippen LogP contribution is -2.18. The van der Waals surface area contributed by atoms with E-state index < -0.39 is 11.9 Å². The standard InChI is InChI=1S/C12H16FNO3/c1-14-12(16)6-4-10(15)8-3-5-11(17-2)9(13)7-8/h3,5,7,10,15H,4,6H2,1-2H3,(H,14,16). The van der Waals surface area contributed by atoms with Gasteiger partial charge in [0.2, 0.25) is 5.91 Å². The van der Waals surface area contributed by atoms with Gasteiger partial charge >= 0.3 is 0 Å². The summed E-state index contributed by atoms with van der Waals surface area (Å²) >= 11 is 0. The van der Waals surface area contributed by atoms with Crippen molar-refractivity contribution >= 4 is 5.91 Å². The molecular weight excluding hydrogens is 225 g/mol. The number of methoxy groups -OCH3 is 1. The van der Waals surface area contributed by atoms with Crippen LogP contribution in [0, 0.1) is 5.82 Å². The van der Waals surface area contributed by atoms with Gasteiger partial charge in [0.15, 0.2) is 11.6 Å². The summed E-state index contributed by atoms with van der Waals surface area (Å²) in [6.45, 7) is 0. The molecule has 0 saturated heterocycles. The van der Waals surface area contributed by atoms with Gasteiger partial charge in [-0.2, -0.15) is 0 Å². The molecular formula is C12H16FNO3. The summed E-state index contributed by atoms with van der Waals surface area (Å²) in [5.41, 5.74) is 0.437. The Morgan fingerprint density at radius 3 is 2.82 bits per heavy atom. The van der Waals surface area contributed by atoms with Crippen molar-refractivity contribution in [2.45, 2.75) is 18.9 Å². The van der Waals surface area contributed by atoms with Crippen molar-refractivity contribution in [2.75, 3.05) is 14.2 Å². The number of carbonyl (C=O) groups excluding carboxylic acids is 1. The Kier molecular flexibility index (Phi) is 4.90. The summed E-state index contributed by atoms with van der Waals surface area (Å²) in [4.78, 5) is 11.0. The monoisotopic (exact) mass is 241 g/mol. The minimum absolute atomic E-state index is 0.132. The van der Waals surface area contributed by atoms with Gasteiger partial charge in [0.05, 0.1) is 13.2 Å². The fourth-order valence-electron chi connectivity index (χ4n) is 1.45. The SMILES string of the molecule is CNC(=O)CCC(O)c1ccc(OC)c(F)c1. The van der Waals surface area contributed by atoms with E-state index in [-0.39, 0.29) is 24.5 Å². The zero-order valence-corrected chi connectivity index (χ0v) is 9.87. The van der Waals surface area contributed by atoms with Crippen LogP contribution in [0.4, 0.5) is 4.39 Å². The van der Waals surface area contributed by atoms with E-state index in [1.54, 1.807) is 6.07 Å². The van der Waals surface area contributed by atoms with Crippen molar-refractivity contribution in [1.29, 1.82) is 0 Å². The maximum atomic E-state index is 13.4. The van der Waals surface area contributed by atoms with Crippen LogP contribution in [0.15, 0.2) is 18.2 Å². The highest BCUT2D eigenvalue weighted by molar-refractivity contribution is 5.75. The summed E-state index contributed by atoms with van der Waals surface area (Å²) < 4.78 is 18.1. The van der Waals surface area contributed by atoms with Gasteiger partial charge in [-0.15, -0.1) is 0 Å². The van der Waals surface area contributed by atoms with E-state index in [0.29, 0.717) is 5.56 Å². The molecule has 0 aliphatic carbocycles. The molecule has 1 unspecified atom stereocenters. The summed E-state index contributed by atoms with van der Waals surface area (Å²) in [6.07, 6.45) is -0.399. The number of ether oxygens (including phenoxy) is 1. The first-order valence-corrected chi connectivity index (χ1v) is 5.30. The molecule has 0 saturated carbocycles. The summed E-state index contributed by atoms with van der Waals surface area (Å²) in [5.74, 6) is -0.547. The van der Waals surface area contributed by atoms with Gasteiger partial charge < -0.3 is 15.2 Å². The summed E-state index contributed by atoms with van der Waals surface area (Å²) in [6, 6.07) is 4.25. The van der Waals surface area contributed by atoms with E-state index in [0.717, 1.165) is 0 Å². The number of aliphatic hydroxyl groups excluding tert-OH is 1. The number of rotatable bonds is 5. The molecule has 0 heterocycles. The highest BCUT2D eigenvalue weighted by Crippen LogP contribution is 2.24. The zero-order valence-electron chi connectivity index (χ0n) is 9.87. The number of aliphatic hydroxyl groups is 1. The van der Waals surface area contributed by atoms with Crippen molar-refractivity contribution in [3.05, 3.63) is 29.6 Å². The molecule has 5 heteroatoms. The lowest BCUT2D eigenvalue weighted by atomic mass is 10.0. The van der Waals surface area contributed by atoms with E-state index in [2.05, 4.69) is 5.32 Å². The van der Waals surface area contributed by atoms with Crippen molar-refractivity contribution in [3.63, 3.8) is 0 Å². The Morgan fingerprint density at radius 1 is 1.59 bits per heavy atom. The van der Waals surface area contributed by atoms with Crippen molar-refractivity contribution in [1.82, 2.24) is 5.32 Å². The summed E-state index contributed by atoms with van der Waals surface area (Å²) in [7, 11) is 2.90. The van der Waals surface area contributed by atoms with Crippen molar-refractivity contribution < 1.29 is 19.0 Å². The van der Waals surface area contributed by atoms with E-state index >= 15 is 0 Å². The fraction of sp³-hybridized carbons (Fsp3) is 0.417. The van der Waals surface area contributed by atoms with Crippen molar-refractivity contribution in [2.24, 2.45) is 0 Å². The molecule has 0 radical (unpaired) electrons. The third kappa shape index (κ3) is 3.71. The molecule has 4 nitrogen and oxygen atoms in total. The highest BCUT2D eigenvalue weighted by Gasteiger charge is 2.12. The first-order valence-electron chi connectivity index (χ1n) is 5.30. The Bertz CT molecular complexity index is 395. The van der Waals surface area contributed by atoms with Crippen LogP contribution in [0.1, 0.15) is 24.5 Å². The average Bonchev–Trinajstić information content (AvgIpc) is 2.35. The maximum Gasteiger partial charge on any atom is 0.219 e. The van der Waals surface area contributed by atoms with Gasteiger partial charge in [0.25, 0.3) is 0 Å². The third-order valence-corrected chi connectivity index (χ3v) is 2.48. The predicted octanol–water partition coefficient (Wildman–Crippen LogP) is 1.39. The molecule has 2 N–H and O–H groups in total. The Labute approximate surface area is 99.4 Å². The number of hydrogen-bond acceptors (Lipinski definition) is 3. The van der Waals surface area contributed by atoms with Gasteiger partial charge in [0, 0.05) is 13.5 Å². The normalized spacial score (nSPS) is 12.0. The number of hydrogen-bond donors (Lipinski definition) is 2. The molecule has 1 rings (SSSR count). The Morgan fingerprint density at radius 2 is 2.29 bits per heavy atom. The van der Waals surface area contributed by atoms with Gasteiger partial charge in [0.1, 0.15) is 0 Å². The van der Waals surface area contributed by atoms with Crippen LogP contribution < -0.4 is 10.1 Å². The van der Waals surface area contributed by atoms with Crippen LogP contribution in [-0.4, -0.2) is 25.2 Å². The minimum atomic E-state index is -0.854. The van der Waals surface area contributed by atoms with E-state index in [4.69, 9.17) is 4.74 Å². The topological polar surface area (TPSA) is 58.6 Å². The van der Waals surface area contributed by atoms with Crippen LogP contribution in [-0.2, 0) is 4.79 Å². The minimum Gasteiger partial charge on any atom is -0.494 e. The number of nitrogens with one attached hydrogen (secondary N) is 1. The third-order valence-electron chi connectivity index (χ3n) is 2.48. The predicted molar refractivity (Wildman–Crippen MR) is 61.2 cm³/mol. The van der Waals surface area contributed by atoms with Gasteiger partial charge in [-0.3, -0.25) is 4.79 Å². The lowest BCUT2D eigenvalue weighted by Gasteiger charge is -2.11. The molecule has 1 amide bonds. The molecule has 0 aliphatic rings. The van der Waals surface area contributed by atoms with Crippen LogP contribution >= 0.6 is 0 Å². The second-order valence-corrected chi connectivity index (χ2v) is 3.62. The lowest BCUT2D eigenvalue weighted by molar-refractivity contribution is -0.121. The van der Waals surface area contributed by atoms with Crippen LogP contribution in [0.2, 0.25) is 0 Å². The molecule has 0 aliphatic heterocycles. The fourth-order valence-corrected chi connectivity index (χ4v) is 1.45. The van der Waals surface area contributed by atoms with Gasteiger partial charge in [-0.25, -0.2) is 4.39 Å². The molecule has 94 valence electrons. The molecule has 0 bridgehead atoms. The molecule has 0 fully saturated rings. The first-order chi connectivity index (χ1) is 8.08. The summed E-state index contributed by atoms with van der Waals surface area (Å²) in [5, 5.41) is 12.2. The number of benzene rings is 1. The van der Waals surface area contributed by atoms with Gasteiger partial charge in [-0.05, 0) is 24.1 Å². The largest absolute Gasteiger partial charge is 0.494 e. The second-order valence-electron chi connectivity index (χ2n) is 3.62.